The van der Waals surface area contributed by atoms with Crippen molar-refractivity contribution in [2.75, 3.05) is 67.5 Å². The normalized spacial score (nSPS) is 20.5. The van der Waals surface area contributed by atoms with Gasteiger partial charge in [0.15, 0.2) is 5.82 Å². The Morgan fingerprint density at radius 2 is 1.49 bits per heavy atom. The highest BCUT2D eigenvalue weighted by atomic mass is 16.2. The van der Waals surface area contributed by atoms with E-state index in [2.05, 4.69) is 47.7 Å². The first-order valence-corrected chi connectivity index (χ1v) is 18.1. The maximum absolute atomic E-state index is 13.2. The average Bonchev–Trinajstić information content (AvgIpc) is 3.65. The molecule has 0 radical (unpaired) electrons. The fraction of sp³-hybridized carbons (Fsp3) is 0.459. The summed E-state index contributed by atoms with van der Waals surface area (Å²) < 4.78 is 0. The van der Waals surface area contributed by atoms with Crippen LogP contribution in [0.4, 0.5) is 22.0 Å². The van der Waals surface area contributed by atoms with Crippen molar-refractivity contribution in [1.29, 1.82) is 0 Å². The third-order valence-corrected chi connectivity index (χ3v) is 11.1. The number of carbonyl (C=O) groups excluding carboxylic acids is 5. The number of anilines is 3. The van der Waals surface area contributed by atoms with E-state index in [-0.39, 0.29) is 30.0 Å². The third kappa shape index (κ3) is 6.79. The first kappa shape index (κ1) is 32.9. The van der Waals surface area contributed by atoms with E-state index < -0.39 is 23.8 Å². The number of nitrogens with zero attached hydrogens (tertiary/aromatic N) is 6. The Kier molecular flexibility index (Phi) is 8.92. The standard InChI is InChI=1S/C37H43N9O5/c47-33-12-15-45(37(51)39-33)46-35(49)29-9-8-28(21-30(29)36(46)50)43-13-10-25(11-14-43)23-42-16-18-44(19-17-42)27-6-4-24(5-7-27)20-34(48)38-32-22-31(40-41-32)26-2-1-3-26/h4-9,21-22,25-26H,1-3,10-20,23H2,(H,39,47,51)(H2,38,40,41,48). The molecule has 266 valence electrons. The average molecular weight is 694 g/mol. The Bertz CT molecular complexity index is 1840. The van der Waals surface area contributed by atoms with Gasteiger partial charge in [-0.2, -0.15) is 10.1 Å². The zero-order valence-corrected chi connectivity index (χ0v) is 28.6. The van der Waals surface area contributed by atoms with Gasteiger partial charge in [0, 0.05) is 81.3 Å². The molecule has 5 heterocycles. The van der Waals surface area contributed by atoms with Crippen molar-refractivity contribution in [3.05, 3.63) is 70.9 Å². The first-order chi connectivity index (χ1) is 24.8. The lowest BCUT2D eigenvalue weighted by Gasteiger charge is -2.40. The second-order valence-electron chi connectivity index (χ2n) is 14.3. The molecule has 2 aromatic carbocycles. The minimum absolute atomic E-state index is 0.0190. The fourth-order valence-electron chi connectivity index (χ4n) is 7.83. The lowest BCUT2D eigenvalue weighted by molar-refractivity contribution is -0.123. The van der Waals surface area contributed by atoms with Crippen molar-refractivity contribution < 1.29 is 24.0 Å². The molecule has 0 bridgehead atoms. The summed E-state index contributed by atoms with van der Waals surface area (Å²) in [5.41, 5.74) is 4.71. The molecule has 4 fully saturated rings. The van der Waals surface area contributed by atoms with Crippen molar-refractivity contribution >= 4 is 46.9 Å². The molecule has 3 N–H and O–H groups in total. The molecule has 0 spiro atoms. The van der Waals surface area contributed by atoms with Gasteiger partial charge in [-0.3, -0.25) is 34.5 Å². The fourth-order valence-corrected chi connectivity index (χ4v) is 7.83. The summed E-state index contributed by atoms with van der Waals surface area (Å²) in [4.78, 5) is 70.0. The number of aromatic nitrogens is 2. The maximum Gasteiger partial charge on any atom is 0.343 e. The van der Waals surface area contributed by atoms with Crippen LogP contribution in [0.5, 0.6) is 0 Å². The van der Waals surface area contributed by atoms with Gasteiger partial charge in [-0.25, -0.2) is 9.80 Å². The molecule has 14 nitrogen and oxygen atoms in total. The zero-order chi connectivity index (χ0) is 35.1. The summed E-state index contributed by atoms with van der Waals surface area (Å²) in [6, 6.07) is 14.8. The monoisotopic (exact) mass is 693 g/mol. The van der Waals surface area contributed by atoms with Crippen molar-refractivity contribution in [2.24, 2.45) is 5.92 Å². The van der Waals surface area contributed by atoms with E-state index in [1.807, 2.05) is 24.3 Å². The quantitative estimate of drug-likeness (QED) is 0.287. The number of benzene rings is 2. The first-order valence-electron chi connectivity index (χ1n) is 18.1. The van der Waals surface area contributed by atoms with E-state index in [1.54, 1.807) is 12.1 Å². The molecule has 1 saturated carbocycles. The summed E-state index contributed by atoms with van der Waals surface area (Å²) in [5.74, 6) is 0.139. The number of hydrogen-bond donors (Lipinski definition) is 3. The number of amides is 6. The Morgan fingerprint density at radius 3 is 2.20 bits per heavy atom. The number of hydrogen-bond acceptors (Lipinski definition) is 9. The molecular weight excluding hydrogens is 650 g/mol. The molecule has 4 aliphatic heterocycles. The highest BCUT2D eigenvalue weighted by Crippen LogP contribution is 2.36. The van der Waals surface area contributed by atoms with E-state index in [0.717, 1.165) is 85.6 Å². The van der Waals surface area contributed by atoms with Gasteiger partial charge in [0.2, 0.25) is 11.8 Å². The van der Waals surface area contributed by atoms with Crippen molar-refractivity contribution in [3.63, 3.8) is 0 Å². The number of fused-ring (bicyclic) bond motifs is 1. The van der Waals surface area contributed by atoms with Crippen LogP contribution in [-0.2, 0) is 16.0 Å². The Hall–Kier alpha value is -5.24. The van der Waals surface area contributed by atoms with Crippen molar-refractivity contribution in [3.8, 4) is 0 Å². The maximum atomic E-state index is 13.2. The molecule has 0 atom stereocenters. The number of piperazine rings is 1. The van der Waals surface area contributed by atoms with E-state index in [1.165, 1.54) is 24.9 Å². The van der Waals surface area contributed by atoms with Crippen molar-refractivity contribution in [1.82, 2.24) is 30.4 Å². The molecule has 8 rings (SSSR count). The number of urea groups is 1. The van der Waals surface area contributed by atoms with Gasteiger partial charge in [-0.1, -0.05) is 18.6 Å². The van der Waals surface area contributed by atoms with Crippen molar-refractivity contribution in [2.45, 2.75) is 50.9 Å². The smallest absolute Gasteiger partial charge is 0.343 e. The molecule has 6 amide bonds. The van der Waals surface area contributed by atoms with Gasteiger partial charge < -0.3 is 15.1 Å². The summed E-state index contributed by atoms with van der Waals surface area (Å²) in [5, 5.41) is 14.3. The molecule has 51 heavy (non-hydrogen) atoms. The summed E-state index contributed by atoms with van der Waals surface area (Å²) >= 11 is 0. The predicted octanol–water partition coefficient (Wildman–Crippen LogP) is 3.35. The lowest BCUT2D eigenvalue weighted by atomic mass is 9.83. The Morgan fingerprint density at radius 1 is 0.784 bits per heavy atom. The van der Waals surface area contributed by atoms with Crippen LogP contribution in [0.3, 0.4) is 0 Å². The number of H-pyrrole nitrogens is 1. The van der Waals surface area contributed by atoms with Gasteiger partial charge in [-0.05, 0) is 67.5 Å². The third-order valence-electron chi connectivity index (χ3n) is 11.1. The minimum atomic E-state index is -0.764. The number of nitrogens with one attached hydrogen (secondary N) is 3. The van der Waals surface area contributed by atoms with Crippen LogP contribution in [0, 0.1) is 5.92 Å². The largest absolute Gasteiger partial charge is 0.371 e. The molecule has 1 aliphatic carbocycles. The van der Waals surface area contributed by atoms with E-state index >= 15 is 0 Å². The van der Waals surface area contributed by atoms with Crippen LogP contribution in [0.2, 0.25) is 0 Å². The molecule has 3 aromatic rings. The number of aromatic amines is 1. The van der Waals surface area contributed by atoms with E-state index in [9.17, 15) is 24.0 Å². The molecule has 0 unspecified atom stereocenters. The van der Waals surface area contributed by atoms with Crippen LogP contribution in [0.25, 0.3) is 0 Å². The van der Waals surface area contributed by atoms with Crippen LogP contribution >= 0.6 is 0 Å². The van der Waals surface area contributed by atoms with Crippen LogP contribution in [0.15, 0.2) is 48.5 Å². The lowest BCUT2D eigenvalue weighted by Crippen LogP contribution is -2.58. The van der Waals surface area contributed by atoms with Crippen LogP contribution in [0.1, 0.15) is 76.4 Å². The van der Waals surface area contributed by atoms with Gasteiger partial charge in [0.1, 0.15) is 0 Å². The molecular formula is C37H43N9O5. The number of piperidine rings is 1. The minimum Gasteiger partial charge on any atom is -0.371 e. The van der Waals surface area contributed by atoms with E-state index in [0.29, 0.717) is 24.1 Å². The summed E-state index contributed by atoms with van der Waals surface area (Å²) in [7, 11) is 0. The number of rotatable bonds is 9. The highest BCUT2D eigenvalue weighted by Gasteiger charge is 2.43. The molecule has 3 saturated heterocycles. The highest BCUT2D eigenvalue weighted by molar-refractivity contribution is 6.22. The summed E-state index contributed by atoms with van der Waals surface area (Å²) in [6.07, 6.45) is 6.03. The summed E-state index contributed by atoms with van der Waals surface area (Å²) in [6.45, 7) is 6.66. The van der Waals surface area contributed by atoms with Crippen LogP contribution in [-0.4, -0.2) is 107 Å². The molecule has 1 aromatic heterocycles. The Balaban J connectivity index is 0.777. The number of carbonyl (C=O) groups is 5. The zero-order valence-electron chi connectivity index (χ0n) is 28.6. The predicted molar refractivity (Wildman–Crippen MR) is 189 cm³/mol. The molecule has 5 aliphatic rings. The SMILES string of the molecule is O=C1CCN(N2C(=O)c3ccc(N4CCC(CN5CCN(c6ccc(CC(=O)Nc7cc(C8CCC8)[nH]n7)cc6)CC5)CC4)cc3C2=O)C(=O)N1. The second kappa shape index (κ2) is 13.8. The molecule has 14 heteroatoms. The van der Waals surface area contributed by atoms with Crippen LogP contribution < -0.4 is 20.4 Å². The Labute approximate surface area is 296 Å². The van der Waals surface area contributed by atoms with Gasteiger partial charge in [0.05, 0.1) is 24.1 Å². The number of hydrazine groups is 1. The van der Waals surface area contributed by atoms with Gasteiger partial charge in [0.25, 0.3) is 11.8 Å². The topological polar surface area (TPSA) is 154 Å². The van der Waals surface area contributed by atoms with E-state index in [4.69, 9.17) is 0 Å². The van der Waals surface area contributed by atoms with Gasteiger partial charge >= 0.3 is 6.03 Å². The second-order valence-corrected chi connectivity index (χ2v) is 14.3. The number of imide groups is 2. The van der Waals surface area contributed by atoms with Gasteiger partial charge in [-0.15, -0.1) is 0 Å².